The van der Waals surface area contributed by atoms with Gasteiger partial charge in [0.25, 0.3) is 0 Å². The zero-order valence-electron chi connectivity index (χ0n) is 10.2. The smallest absolute Gasteiger partial charge is 0.348 e. The second-order valence-corrected chi connectivity index (χ2v) is 4.63. The van der Waals surface area contributed by atoms with Gasteiger partial charge in [0.1, 0.15) is 6.33 Å². The van der Waals surface area contributed by atoms with E-state index in [2.05, 4.69) is 15.3 Å². The van der Waals surface area contributed by atoms with Gasteiger partial charge in [-0.05, 0) is 6.42 Å². The summed E-state index contributed by atoms with van der Waals surface area (Å²) in [6.07, 6.45) is 2.16. The van der Waals surface area contributed by atoms with Crippen LogP contribution in [-0.2, 0) is 4.79 Å². The van der Waals surface area contributed by atoms with Crippen LogP contribution in [0.5, 0.6) is 0 Å². The van der Waals surface area contributed by atoms with Gasteiger partial charge in [-0.15, -0.1) is 0 Å². The van der Waals surface area contributed by atoms with E-state index in [0.717, 1.165) is 6.33 Å². The zero-order valence-corrected chi connectivity index (χ0v) is 10.9. The van der Waals surface area contributed by atoms with E-state index in [0.29, 0.717) is 19.4 Å². The van der Waals surface area contributed by atoms with Crippen molar-refractivity contribution in [2.75, 3.05) is 18.9 Å². The van der Waals surface area contributed by atoms with Crippen LogP contribution in [0, 0.1) is 10.1 Å². The van der Waals surface area contributed by atoms with Crippen LogP contribution >= 0.6 is 11.6 Å². The van der Waals surface area contributed by atoms with Crippen molar-refractivity contribution in [1.82, 2.24) is 14.9 Å². The Morgan fingerprint density at radius 3 is 2.95 bits per heavy atom. The van der Waals surface area contributed by atoms with E-state index >= 15 is 0 Å². The fourth-order valence-electron chi connectivity index (χ4n) is 1.95. The van der Waals surface area contributed by atoms with Gasteiger partial charge >= 0.3 is 5.69 Å². The number of likely N-dealkylation sites (N-methyl/N-ethyl adjacent to an activating group) is 1. The van der Waals surface area contributed by atoms with E-state index in [1.807, 2.05) is 0 Å². The number of hydrogen-bond acceptors (Lipinski definition) is 6. The number of amides is 1. The molecule has 0 aromatic carbocycles. The van der Waals surface area contributed by atoms with Crippen molar-refractivity contribution in [2.45, 2.75) is 18.9 Å². The van der Waals surface area contributed by atoms with Gasteiger partial charge < -0.3 is 10.2 Å². The Kier molecular flexibility index (Phi) is 3.79. The number of aromatic nitrogens is 2. The first-order valence-electron chi connectivity index (χ1n) is 5.64. The maximum absolute atomic E-state index is 11.4. The van der Waals surface area contributed by atoms with Crippen LogP contribution in [0.4, 0.5) is 11.5 Å². The second-order valence-electron chi connectivity index (χ2n) is 4.27. The summed E-state index contributed by atoms with van der Waals surface area (Å²) < 4.78 is 0. The lowest BCUT2D eigenvalue weighted by atomic mass is 10.1. The first kappa shape index (κ1) is 13.5. The van der Waals surface area contributed by atoms with E-state index in [1.165, 1.54) is 0 Å². The molecular formula is C10H12ClN5O3. The monoisotopic (exact) mass is 285 g/mol. The van der Waals surface area contributed by atoms with Crippen molar-refractivity contribution in [3.63, 3.8) is 0 Å². The summed E-state index contributed by atoms with van der Waals surface area (Å²) in [4.78, 5) is 30.7. The number of anilines is 1. The molecule has 9 heteroatoms. The van der Waals surface area contributed by atoms with Gasteiger partial charge in [0.2, 0.25) is 16.9 Å². The number of likely N-dealkylation sites (tertiary alicyclic amines) is 1. The molecule has 0 saturated carbocycles. The molecule has 102 valence electrons. The van der Waals surface area contributed by atoms with Crippen LogP contribution in [0.15, 0.2) is 6.33 Å². The average molecular weight is 286 g/mol. The van der Waals surface area contributed by atoms with Crippen molar-refractivity contribution >= 4 is 29.0 Å². The number of rotatable bonds is 3. The quantitative estimate of drug-likeness (QED) is 0.506. The predicted octanol–water partition coefficient (Wildman–Crippen LogP) is 1.07. The number of hydrogen-bond donors (Lipinski definition) is 1. The van der Waals surface area contributed by atoms with Gasteiger partial charge in [-0.2, -0.15) is 0 Å². The molecule has 0 aliphatic carbocycles. The number of nitrogens with one attached hydrogen (secondary N) is 1. The first-order chi connectivity index (χ1) is 8.99. The molecule has 1 aliphatic rings. The molecule has 8 nitrogen and oxygen atoms in total. The first-order valence-corrected chi connectivity index (χ1v) is 6.02. The molecular weight excluding hydrogens is 274 g/mol. The summed E-state index contributed by atoms with van der Waals surface area (Å²) in [5.41, 5.74) is -0.344. The highest BCUT2D eigenvalue weighted by Gasteiger charge is 2.27. The minimum Gasteiger partial charge on any atom is -0.360 e. The standard InChI is InChI=1S/C10H12ClN5O3/c1-15-4-6(2-3-7(15)17)14-10-8(16(18)19)9(11)12-5-13-10/h5-6H,2-4H2,1H3,(H,12,13,14). The van der Waals surface area contributed by atoms with E-state index in [9.17, 15) is 14.9 Å². The molecule has 1 aromatic heterocycles. The summed E-state index contributed by atoms with van der Waals surface area (Å²) >= 11 is 5.70. The van der Waals surface area contributed by atoms with Gasteiger partial charge in [0, 0.05) is 26.1 Å². The SMILES string of the molecule is CN1CC(Nc2ncnc(Cl)c2[N+](=O)[O-])CCC1=O. The van der Waals surface area contributed by atoms with Gasteiger partial charge in [-0.25, -0.2) is 9.97 Å². The molecule has 1 unspecified atom stereocenters. The lowest BCUT2D eigenvalue weighted by molar-refractivity contribution is -0.384. The van der Waals surface area contributed by atoms with Crippen LogP contribution in [0.2, 0.25) is 5.15 Å². The molecule has 2 rings (SSSR count). The van der Waals surface area contributed by atoms with Crippen LogP contribution in [-0.4, -0.2) is 45.3 Å². The van der Waals surface area contributed by atoms with Crippen molar-refractivity contribution in [2.24, 2.45) is 0 Å². The van der Waals surface area contributed by atoms with E-state index in [4.69, 9.17) is 11.6 Å². The molecule has 0 bridgehead atoms. The molecule has 19 heavy (non-hydrogen) atoms. The Labute approximate surface area is 113 Å². The van der Waals surface area contributed by atoms with Gasteiger partial charge in [-0.3, -0.25) is 14.9 Å². The molecule has 0 spiro atoms. The van der Waals surface area contributed by atoms with Crippen molar-refractivity contribution in [3.8, 4) is 0 Å². The van der Waals surface area contributed by atoms with Gasteiger partial charge in [-0.1, -0.05) is 11.6 Å². The molecule has 1 N–H and O–H groups in total. The number of piperidine rings is 1. The minimum absolute atomic E-state index is 0.0632. The Balaban J connectivity index is 2.18. The lowest BCUT2D eigenvalue weighted by Crippen LogP contribution is -2.43. The van der Waals surface area contributed by atoms with E-state index in [-0.39, 0.29) is 28.6 Å². The highest BCUT2D eigenvalue weighted by Crippen LogP contribution is 2.29. The molecule has 1 atom stereocenters. The highest BCUT2D eigenvalue weighted by molar-refractivity contribution is 6.31. The summed E-state index contributed by atoms with van der Waals surface area (Å²) in [6, 6.07) is -0.0904. The number of halogens is 1. The second kappa shape index (κ2) is 5.35. The molecule has 2 heterocycles. The van der Waals surface area contributed by atoms with Gasteiger partial charge in [0.15, 0.2) is 0 Å². The van der Waals surface area contributed by atoms with Gasteiger partial charge in [0.05, 0.1) is 4.92 Å². The van der Waals surface area contributed by atoms with Crippen LogP contribution in [0.1, 0.15) is 12.8 Å². The van der Waals surface area contributed by atoms with Crippen molar-refractivity contribution in [3.05, 3.63) is 21.6 Å². The van der Waals surface area contributed by atoms with E-state index in [1.54, 1.807) is 11.9 Å². The molecule has 1 fully saturated rings. The third-order valence-corrected chi connectivity index (χ3v) is 3.20. The van der Waals surface area contributed by atoms with Crippen LogP contribution < -0.4 is 5.32 Å². The number of carbonyl (C=O) groups excluding carboxylic acids is 1. The third-order valence-electron chi connectivity index (χ3n) is 2.93. The summed E-state index contributed by atoms with van der Waals surface area (Å²) in [5.74, 6) is 0.144. The topological polar surface area (TPSA) is 101 Å². The maximum Gasteiger partial charge on any atom is 0.348 e. The third kappa shape index (κ3) is 2.90. The minimum atomic E-state index is -0.623. The van der Waals surface area contributed by atoms with Crippen molar-refractivity contribution < 1.29 is 9.72 Å². The normalized spacial score (nSPS) is 19.4. The lowest BCUT2D eigenvalue weighted by Gasteiger charge is -2.30. The molecule has 1 aliphatic heterocycles. The Morgan fingerprint density at radius 2 is 2.32 bits per heavy atom. The molecule has 1 aromatic rings. The number of nitro groups is 1. The summed E-state index contributed by atoms with van der Waals surface area (Å²) in [7, 11) is 1.69. The van der Waals surface area contributed by atoms with Crippen LogP contribution in [0.3, 0.4) is 0 Å². The largest absolute Gasteiger partial charge is 0.360 e. The van der Waals surface area contributed by atoms with Crippen molar-refractivity contribution in [1.29, 1.82) is 0 Å². The zero-order chi connectivity index (χ0) is 14.0. The Hall–Kier alpha value is -1.96. The Morgan fingerprint density at radius 1 is 1.58 bits per heavy atom. The summed E-state index contributed by atoms with van der Waals surface area (Å²) in [6.45, 7) is 0.470. The molecule has 0 radical (unpaired) electrons. The van der Waals surface area contributed by atoms with Crippen LogP contribution in [0.25, 0.3) is 0 Å². The summed E-state index contributed by atoms with van der Waals surface area (Å²) in [5, 5.41) is 13.7. The molecule has 1 amide bonds. The fourth-order valence-corrected chi connectivity index (χ4v) is 2.15. The maximum atomic E-state index is 11.4. The Bertz CT molecular complexity index is 524. The predicted molar refractivity (Wildman–Crippen MR) is 68.0 cm³/mol. The fraction of sp³-hybridized carbons (Fsp3) is 0.500. The van der Waals surface area contributed by atoms with E-state index < -0.39 is 4.92 Å². The highest BCUT2D eigenvalue weighted by atomic mass is 35.5. The molecule has 1 saturated heterocycles. The average Bonchev–Trinajstić information content (AvgIpc) is 2.33. The number of carbonyl (C=O) groups is 1. The number of nitrogens with zero attached hydrogens (tertiary/aromatic N) is 4.